The van der Waals surface area contributed by atoms with E-state index in [1.807, 2.05) is 0 Å². The molecule has 1 aromatic rings. The molecule has 0 radical (unpaired) electrons. The van der Waals surface area contributed by atoms with E-state index in [9.17, 15) is 13.2 Å². The lowest BCUT2D eigenvalue weighted by Gasteiger charge is -2.08. The van der Waals surface area contributed by atoms with Crippen LogP contribution in [0.25, 0.3) is 0 Å². The molecule has 1 rings (SSSR count). The molecule has 0 saturated heterocycles. The average molecular weight is 292 g/mol. The molecular formula is C10H14ClN3O3S. The fourth-order valence-corrected chi connectivity index (χ4v) is 2.88. The average Bonchev–Trinajstić information content (AvgIpc) is 2.27. The van der Waals surface area contributed by atoms with E-state index in [0.29, 0.717) is 12.1 Å². The van der Waals surface area contributed by atoms with E-state index in [2.05, 4.69) is 4.72 Å². The first kappa shape index (κ1) is 14.7. The van der Waals surface area contributed by atoms with Crippen LogP contribution in [0.5, 0.6) is 0 Å². The molecule has 8 heteroatoms. The first-order chi connectivity index (χ1) is 8.33. The van der Waals surface area contributed by atoms with Crippen LogP contribution >= 0.6 is 11.6 Å². The van der Waals surface area contributed by atoms with Crippen molar-refractivity contribution < 1.29 is 13.2 Å². The third-order valence-electron chi connectivity index (χ3n) is 2.14. The molecule has 0 aliphatic heterocycles. The third-order valence-corrected chi connectivity index (χ3v) is 4.08. The monoisotopic (exact) mass is 291 g/mol. The van der Waals surface area contributed by atoms with Crippen molar-refractivity contribution in [1.29, 1.82) is 0 Å². The van der Waals surface area contributed by atoms with Gasteiger partial charge in [-0.3, -0.25) is 4.79 Å². The first-order valence-corrected chi connectivity index (χ1v) is 7.02. The highest BCUT2D eigenvalue weighted by Crippen LogP contribution is 2.23. The molecule has 0 unspecified atom stereocenters. The van der Waals surface area contributed by atoms with Crippen LogP contribution in [0.3, 0.4) is 0 Å². The van der Waals surface area contributed by atoms with E-state index in [-0.39, 0.29) is 22.9 Å². The van der Waals surface area contributed by atoms with Crippen molar-refractivity contribution in [2.45, 2.75) is 17.7 Å². The van der Waals surface area contributed by atoms with Gasteiger partial charge in [-0.2, -0.15) is 0 Å². The Labute approximate surface area is 110 Å². The second-order valence-corrected chi connectivity index (χ2v) is 5.80. The Morgan fingerprint density at radius 3 is 2.67 bits per heavy atom. The minimum atomic E-state index is -3.73. The van der Waals surface area contributed by atoms with E-state index in [1.54, 1.807) is 0 Å². The van der Waals surface area contributed by atoms with E-state index < -0.39 is 15.9 Å². The second kappa shape index (κ2) is 6.03. The summed E-state index contributed by atoms with van der Waals surface area (Å²) in [5, 5.41) is 0.0894. The van der Waals surface area contributed by atoms with Crippen LogP contribution < -0.4 is 16.2 Å². The summed E-state index contributed by atoms with van der Waals surface area (Å²) >= 11 is 5.80. The Morgan fingerprint density at radius 1 is 1.39 bits per heavy atom. The highest BCUT2D eigenvalue weighted by atomic mass is 35.5. The summed E-state index contributed by atoms with van der Waals surface area (Å²) in [5.41, 5.74) is 10.8. The Morgan fingerprint density at radius 2 is 2.06 bits per heavy atom. The number of carbonyl (C=O) groups excluding carboxylic acids is 1. The van der Waals surface area contributed by atoms with E-state index in [0.717, 1.165) is 0 Å². The lowest BCUT2D eigenvalue weighted by molar-refractivity contribution is -0.118. The van der Waals surface area contributed by atoms with Crippen molar-refractivity contribution in [3.63, 3.8) is 0 Å². The first-order valence-electron chi connectivity index (χ1n) is 5.16. The van der Waals surface area contributed by atoms with E-state index >= 15 is 0 Å². The number of nitrogens with one attached hydrogen (secondary N) is 1. The lowest BCUT2D eigenvalue weighted by atomic mass is 10.3. The van der Waals surface area contributed by atoms with Gasteiger partial charge < -0.3 is 11.5 Å². The highest BCUT2D eigenvalue weighted by molar-refractivity contribution is 7.89. The third kappa shape index (κ3) is 4.17. The molecule has 1 aromatic carbocycles. The molecule has 18 heavy (non-hydrogen) atoms. The molecule has 6 nitrogen and oxygen atoms in total. The smallest absolute Gasteiger partial charge is 0.242 e. The molecule has 100 valence electrons. The summed E-state index contributed by atoms with van der Waals surface area (Å²) in [6.07, 6.45) is 0.446. The molecular weight excluding hydrogens is 278 g/mol. The zero-order valence-corrected chi connectivity index (χ0v) is 11.1. The van der Waals surface area contributed by atoms with Crippen molar-refractivity contribution in [1.82, 2.24) is 4.72 Å². The summed E-state index contributed by atoms with van der Waals surface area (Å²) in [4.78, 5) is 10.4. The van der Waals surface area contributed by atoms with Gasteiger partial charge in [-0.05, 0) is 24.6 Å². The largest absolute Gasteiger partial charge is 0.399 e. The predicted molar refractivity (Wildman–Crippen MR) is 69.5 cm³/mol. The van der Waals surface area contributed by atoms with E-state index in [1.165, 1.54) is 18.2 Å². The number of hydrogen-bond acceptors (Lipinski definition) is 4. The topological polar surface area (TPSA) is 115 Å². The van der Waals surface area contributed by atoms with Gasteiger partial charge in [0.1, 0.15) is 4.90 Å². The summed E-state index contributed by atoms with van der Waals surface area (Å²) in [6, 6.07) is 4.20. The van der Waals surface area contributed by atoms with Crippen LogP contribution in [0, 0.1) is 0 Å². The number of rotatable bonds is 6. The molecule has 1 amide bonds. The zero-order chi connectivity index (χ0) is 13.8. The SMILES string of the molecule is NC(=O)CCCNS(=O)(=O)c1cc(N)ccc1Cl. The Bertz CT molecular complexity index is 545. The molecule has 0 aliphatic carbocycles. The molecule has 0 fully saturated rings. The normalized spacial score (nSPS) is 11.4. The second-order valence-electron chi connectivity index (χ2n) is 3.66. The minimum Gasteiger partial charge on any atom is -0.399 e. The maximum absolute atomic E-state index is 11.9. The molecule has 0 saturated carbocycles. The van der Waals surface area contributed by atoms with Gasteiger partial charge in [-0.25, -0.2) is 13.1 Å². The van der Waals surface area contributed by atoms with Crippen molar-refractivity contribution in [3.8, 4) is 0 Å². The number of hydrogen-bond donors (Lipinski definition) is 3. The number of anilines is 1. The number of primary amides is 1. The zero-order valence-electron chi connectivity index (χ0n) is 9.52. The molecule has 0 bridgehead atoms. The van der Waals surface area contributed by atoms with Crippen LogP contribution in [0.4, 0.5) is 5.69 Å². The van der Waals surface area contributed by atoms with Crippen LogP contribution in [-0.2, 0) is 14.8 Å². The number of carbonyl (C=O) groups is 1. The van der Waals surface area contributed by atoms with Gasteiger partial charge in [0.05, 0.1) is 5.02 Å². The molecule has 0 spiro atoms. The van der Waals surface area contributed by atoms with Crippen LogP contribution in [0.1, 0.15) is 12.8 Å². The van der Waals surface area contributed by atoms with Gasteiger partial charge in [-0.15, -0.1) is 0 Å². The van der Waals surface area contributed by atoms with Gasteiger partial charge >= 0.3 is 0 Å². The molecule has 0 aliphatic rings. The van der Waals surface area contributed by atoms with Gasteiger partial charge in [0.25, 0.3) is 0 Å². The summed E-state index contributed by atoms with van der Waals surface area (Å²) in [7, 11) is -3.73. The van der Waals surface area contributed by atoms with Gasteiger partial charge in [0.15, 0.2) is 0 Å². The van der Waals surface area contributed by atoms with E-state index in [4.69, 9.17) is 23.1 Å². The lowest BCUT2D eigenvalue weighted by Crippen LogP contribution is -2.26. The summed E-state index contributed by atoms with van der Waals surface area (Å²) in [5.74, 6) is -0.476. The molecule has 0 heterocycles. The Hall–Kier alpha value is -1.31. The highest BCUT2D eigenvalue weighted by Gasteiger charge is 2.17. The van der Waals surface area contributed by atoms with Crippen molar-refractivity contribution in [3.05, 3.63) is 23.2 Å². The van der Waals surface area contributed by atoms with Crippen molar-refractivity contribution in [2.24, 2.45) is 5.73 Å². The van der Waals surface area contributed by atoms with Crippen molar-refractivity contribution >= 4 is 33.2 Å². The Balaban J connectivity index is 2.74. The van der Waals surface area contributed by atoms with Gasteiger partial charge in [-0.1, -0.05) is 11.6 Å². The van der Waals surface area contributed by atoms with Crippen molar-refractivity contribution in [2.75, 3.05) is 12.3 Å². The Kier molecular flexibility index (Phi) is 4.94. The summed E-state index contributed by atoms with van der Waals surface area (Å²) in [6.45, 7) is 0.108. The fourth-order valence-electron chi connectivity index (χ4n) is 1.27. The maximum atomic E-state index is 11.9. The molecule has 0 aromatic heterocycles. The number of amides is 1. The van der Waals surface area contributed by atoms with Crippen LogP contribution in [0.2, 0.25) is 5.02 Å². The number of benzene rings is 1. The quantitative estimate of drug-likeness (QED) is 0.522. The number of nitrogen functional groups attached to an aromatic ring is 1. The van der Waals surface area contributed by atoms with Gasteiger partial charge in [0, 0.05) is 18.7 Å². The fraction of sp³-hybridized carbons (Fsp3) is 0.300. The standard InChI is InChI=1S/C10H14ClN3O3S/c11-8-4-3-7(12)6-9(8)18(16,17)14-5-1-2-10(13)15/h3-4,6,14H,1-2,5,12H2,(H2,13,15). The van der Waals surface area contributed by atoms with Crippen LogP contribution in [-0.4, -0.2) is 20.9 Å². The minimum absolute atomic E-state index is 0.0803. The number of nitrogens with two attached hydrogens (primary N) is 2. The van der Waals surface area contributed by atoms with Gasteiger partial charge in [0.2, 0.25) is 15.9 Å². The molecule has 5 N–H and O–H groups in total. The maximum Gasteiger partial charge on any atom is 0.242 e. The van der Waals surface area contributed by atoms with Crippen LogP contribution in [0.15, 0.2) is 23.1 Å². The number of halogens is 1. The summed E-state index contributed by atoms with van der Waals surface area (Å²) < 4.78 is 26.1. The number of sulfonamides is 1. The molecule has 0 atom stereocenters. The predicted octanol–water partition coefficient (Wildman–Crippen LogP) is 0.466.